The van der Waals surface area contributed by atoms with Crippen LogP contribution < -0.4 is 16.0 Å². The Bertz CT molecular complexity index is 559. The van der Waals surface area contributed by atoms with Gasteiger partial charge in [-0.25, -0.2) is 0 Å². The molecule has 2 amide bonds. The number of morpholine rings is 1. The third-order valence-corrected chi connectivity index (χ3v) is 4.06. The van der Waals surface area contributed by atoms with E-state index in [1.807, 2.05) is 31.3 Å². The van der Waals surface area contributed by atoms with Crippen LogP contribution in [0.25, 0.3) is 0 Å². The molecular weight excluding hydrogens is 320 g/mol. The minimum Gasteiger partial charge on any atom is -0.379 e. The predicted octanol–water partition coefficient (Wildman–Crippen LogP) is 0.573. The average Bonchev–Trinajstić information content (AvgIpc) is 2.64. The summed E-state index contributed by atoms with van der Waals surface area (Å²) < 4.78 is 5.30. The average molecular weight is 348 g/mol. The van der Waals surface area contributed by atoms with Gasteiger partial charge < -0.3 is 20.7 Å². The van der Waals surface area contributed by atoms with Gasteiger partial charge in [0, 0.05) is 51.3 Å². The predicted molar refractivity (Wildman–Crippen MR) is 97.3 cm³/mol. The molecule has 1 aromatic rings. The number of ether oxygens (including phenoxy) is 1. The van der Waals surface area contributed by atoms with Gasteiger partial charge in [0.05, 0.1) is 13.2 Å². The first-order valence-corrected chi connectivity index (χ1v) is 8.77. The fourth-order valence-corrected chi connectivity index (χ4v) is 2.59. The molecule has 7 heteroatoms. The zero-order valence-electron chi connectivity index (χ0n) is 14.8. The second-order valence-corrected chi connectivity index (χ2v) is 6.08. The molecule has 138 valence electrons. The summed E-state index contributed by atoms with van der Waals surface area (Å²) in [6.07, 6.45) is 0.916. The number of carbonyl (C=O) groups excluding carboxylic acids is 2. The minimum atomic E-state index is 0.00157. The Balaban J connectivity index is 1.74. The summed E-state index contributed by atoms with van der Waals surface area (Å²) in [5, 5.41) is 8.74. The molecule has 0 bridgehead atoms. The van der Waals surface area contributed by atoms with E-state index in [9.17, 15) is 9.59 Å². The zero-order valence-corrected chi connectivity index (χ0v) is 14.8. The number of carbonyl (C=O) groups is 2. The van der Waals surface area contributed by atoms with Crippen LogP contribution in [0.2, 0.25) is 0 Å². The van der Waals surface area contributed by atoms with E-state index in [0.29, 0.717) is 25.9 Å². The number of nitrogens with one attached hydrogen (secondary N) is 3. The van der Waals surface area contributed by atoms with Crippen LogP contribution in [0, 0.1) is 0 Å². The highest BCUT2D eigenvalue weighted by molar-refractivity contribution is 5.90. The normalized spacial score (nSPS) is 14.9. The van der Waals surface area contributed by atoms with Crippen molar-refractivity contribution in [3.05, 3.63) is 29.8 Å². The van der Waals surface area contributed by atoms with Crippen LogP contribution in [0.5, 0.6) is 0 Å². The van der Waals surface area contributed by atoms with Crippen molar-refractivity contribution >= 4 is 17.5 Å². The Morgan fingerprint density at radius 1 is 1.16 bits per heavy atom. The van der Waals surface area contributed by atoms with Gasteiger partial charge in [0.2, 0.25) is 11.8 Å². The molecular formula is C18H28N4O3. The molecule has 1 heterocycles. The first-order valence-electron chi connectivity index (χ1n) is 8.77. The van der Waals surface area contributed by atoms with Crippen molar-refractivity contribution in [2.24, 2.45) is 0 Å². The Morgan fingerprint density at radius 3 is 2.72 bits per heavy atom. The van der Waals surface area contributed by atoms with Gasteiger partial charge in [-0.2, -0.15) is 0 Å². The lowest BCUT2D eigenvalue weighted by Gasteiger charge is -2.26. The number of amides is 2. The SMILES string of the molecule is CNCCC(=O)NCc1cccc(NC(=O)CCN2CCOCC2)c1. The van der Waals surface area contributed by atoms with Crippen molar-refractivity contribution in [2.75, 3.05) is 51.8 Å². The Kier molecular flexibility index (Phi) is 8.38. The van der Waals surface area contributed by atoms with Crippen LogP contribution in [0.4, 0.5) is 5.69 Å². The van der Waals surface area contributed by atoms with E-state index >= 15 is 0 Å². The van der Waals surface area contributed by atoms with Crippen molar-refractivity contribution in [1.82, 2.24) is 15.5 Å². The molecule has 7 nitrogen and oxygen atoms in total. The molecule has 0 unspecified atom stereocenters. The quantitative estimate of drug-likeness (QED) is 0.608. The Labute approximate surface area is 149 Å². The summed E-state index contributed by atoms with van der Waals surface area (Å²) in [5.74, 6) is 0.0102. The minimum absolute atomic E-state index is 0.00157. The molecule has 1 aliphatic rings. The van der Waals surface area contributed by atoms with Gasteiger partial charge in [-0.1, -0.05) is 12.1 Å². The lowest BCUT2D eigenvalue weighted by atomic mass is 10.2. The fourth-order valence-electron chi connectivity index (χ4n) is 2.59. The molecule has 1 saturated heterocycles. The second-order valence-electron chi connectivity index (χ2n) is 6.08. The van der Waals surface area contributed by atoms with Gasteiger partial charge in [-0.3, -0.25) is 14.5 Å². The molecule has 1 aromatic carbocycles. The van der Waals surface area contributed by atoms with Crippen LogP contribution in [0.1, 0.15) is 18.4 Å². The lowest BCUT2D eigenvalue weighted by molar-refractivity contribution is -0.121. The van der Waals surface area contributed by atoms with E-state index in [4.69, 9.17) is 4.74 Å². The van der Waals surface area contributed by atoms with E-state index in [2.05, 4.69) is 20.9 Å². The fraction of sp³-hybridized carbons (Fsp3) is 0.556. The first kappa shape index (κ1) is 19.4. The number of hydrogen-bond donors (Lipinski definition) is 3. The molecule has 25 heavy (non-hydrogen) atoms. The highest BCUT2D eigenvalue weighted by atomic mass is 16.5. The smallest absolute Gasteiger partial charge is 0.225 e. The Morgan fingerprint density at radius 2 is 1.96 bits per heavy atom. The van der Waals surface area contributed by atoms with E-state index < -0.39 is 0 Å². The second kappa shape index (κ2) is 10.8. The van der Waals surface area contributed by atoms with Crippen LogP contribution in [-0.2, 0) is 20.9 Å². The summed E-state index contributed by atoms with van der Waals surface area (Å²) in [6.45, 7) is 5.11. The highest BCUT2D eigenvalue weighted by Crippen LogP contribution is 2.11. The molecule has 0 radical (unpaired) electrons. The molecule has 1 fully saturated rings. The van der Waals surface area contributed by atoms with E-state index in [-0.39, 0.29) is 11.8 Å². The third kappa shape index (κ3) is 7.64. The summed E-state index contributed by atoms with van der Waals surface area (Å²) in [4.78, 5) is 26.0. The number of anilines is 1. The van der Waals surface area contributed by atoms with Crippen LogP contribution >= 0.6 is 0 Å². The van der Waals surface area contributed by atoms with Gasteiger partial charge in [-0.05, 0) is 24.7 Å². The maximum atomic E-state index is 12.1. The molecule has 2 rings (SSSR count). The standard InChI is InChI=1S/C18H28N4O3/c1-19-7-5-17(23)20-14-15-3-2-4-16(13-15)21-18(24)6-8-22-9-11-25-12-10-22/h2-4,13,19H,5-12,14H2,1H3,(H,20,23)(H,21,24). The van der Waals surface area contributed by atoms with E-state index in [1.165, 1.54) is 0 Å². The van der Waals surface area contributed by atoms with Crippen molar-refractivity contribution in [2.45, 2.75) is 19.4 Å². The molecule has 0 atom stereocenters. The number of rotatable bonds is 9. The van der Waals surface area contributed by atoms with Crippen LogP contribution in [0.15, 0.2) is 24.3 Å². The van der Waals surface area contributed by atoms with E-state index in [0.717, 1.165) is 44.1 Å². The van der Waals surface area contributed by atoms with Crippen LogP contribution in [-0.4, -0.2) is 63.2 Å². The third-order valence-electron chi connectivity index (χ3n) is 4.06. The summed E-state index contributed by atoms with van der Waals surface area (Å²) in [7, 11) is 1.82. The van der Waals surface area contributed by atoms with Crippen molar-refractivity contribution in [3.63, 3.8) is 0 Å². The number of hydrogen-bond acceptors (Lipinski definition) is 5. The van der Waals surface area contributed by atoms with Gasteiger partial charge in [0.15, 0.2) is 0 Å². The monoisotopic (exact) mass is 348 g/mol. The van der Waals surface area contributed by atoms with Crippen molar-refractivity contribution in [1.29, 1.82) is 0 Å². The highest BCUT2D eigenvalue weighted by Gasteiger charge is 2.12. The van der Waals surface area contributed by atoms with Gasteiger partial charge >= 0.3 is 0 Å². The molecule has 1 aliphatic heterocycles. The van der Waals surface area contributed by atoms with E-state index in [1.54, 1.807) is 0 Å². The van der Waals surface area contributed by atoms with Crippen molar-refractivity contribution < 1.29 is 14.3 Å². The largest absolute Gasteiger partial charge is 0.379 e. The zero-order chi connectivity index (χ0) is 17.9. The maximum absolute atomic E-state index is 12.1. The summed E-state index contributed by atoms with van der Waals surface area (Å²) in [6, 6.07) is 7.57. The van der Waals surface area contributed by atoms with Crippen LogP contribution in [0.3, 0.4) is 0 Å². The number of benzene rings is 1. The molecule has 0 spiro atoms. The topological polar surface area (TPSA) is 82.7 Å². The van der Waals surface area contributed by atoms with Crippen molar-refractivity contribution in [3.8, 4) is 0 Å². The lowest BCUT2D eigenvalue weighted by Crippen LogP contribution is -2.38. The van der Waals surface area contributed by atoms with Gasteiger partial charge in [0.25, 0.3) is 0 Å². The summed E-state index contributed by atoms with van der Waals surface area (Å²) in [5.41, 5.74) is 1.72. The Hall–Kier alpha value is -1.96. The maximum Gasteiger partial charge on any atom is 0.225 e. The summed E-state index contributed by atoms with van der Waals surface area (Å²) >= 11 is 0. The number of nitrogens with zero attached hydrogens (tertiary/aromatic N) is 1. The molecule has 0 saturated carbocycles. The molecule has 0 aromatic heterocycles. The first-order chi connectivity index (χ1) is 12.2. The van der Waals surface area contributed by atoms with Gasteiger partial charge in [-0.15, -0.1) is 0 Å². The molecule has 3 N–H and O–H groups in total. The van der Waals surface area contributed by atoms with Gasteiger partial charge in [0.1, 0.15) is 0 Å². The molecule has 0 aliphatic carbocycles.